The van der Waals surface area contributed by atoms with Gasteiger partial charge in [-0.25, -0.2) is 15.0 Å². The normalized spacial score (nSPS) is 11.7. The van der Waals surface area contributed by atoms with Crippen LogP contribution in [0.4, 0.5) is 0 Å². The summed E-state index contributed by atoms with van der Waals surface area (Å²) in [5, 5.41) is 9.42. The van der Waals surface area contributed by atoms with Gasteiger partial charge in [0.2, 0.25) is 0 Å². The highest BCUT2D eigenvalue weighted by Crippen LogP contribution is 2.36. The van der Waals surface area contributed by atoms with E-state index >= 15 is 0 Å². The van der Waals surface area contributed by atoms with Crippen LogP contribution >= 0.6 is 0 Å². The van der Waals surface area contributed by atoms with Crippen LogP contribution in [0.2, 0.25) is 0 Å². The molecule has 4 nitrogen and oxygen atoms in total. The van der Waals surface area contributed by atoms with E-state index in [1.165, 1.54) is 37.9 Å². The van der Waals surface area contributed by atoms with Crippen molar-refractivity contribution in [2.75, 3.05) is 0 Å². The topological polar surface area (TPSA) is 51.8 Å². The van der Waals surface area contributed by atoms with Crippen LogP contribution in [0.5, 0.6) is 0 Å². The van der Waals surface area contributed by atoms with E-state index in [0.717, 1.165) is 44.2 Å². The Hall–Kier alpha value is -6.65. The minimum Gasteiger partial charge on any atom is -0.456 e. The van der Waals surface area contributed by atoms with Gasteiger partial charge in [-0.3, -0.25) is 0 Å². The lowest BCUT2D eigenvalue weighted by atomic mass is 9.98. The van der Waals surface area contributed by atoms with Crippen molar-refractivity contribution >= 4 is 54.3 Å². The fourth-order valence-corrected chi connectivity index (χ4v) is 7.25. The van der Waals surface area contributed by atoms with Gasteiger partial charge in [0.1, 0.15) is 17.0 Å². The summed E-state index contributed by atoms with van der Waals surface area (Å²) in [6.07, 6.45) is 0.526. The number of hydrogen-bond acceptors (Lipinski definition) is 4. The van der Waals surface area contributed by atoms with Crippen molar-refractivity contribution in [3.8, 4) is 33.9 Å². The molecule has 0 unspecified atom stereocenters. The SMILES string of the molecule is c1ccc(-c2nc(Cc3cccc4oc5ccc(-c6ccc7ccccc7c6)cc5c34)nc(-c3ccc4ccc5ccccc5c4c3)n2)cc1. The molecule has 50 heavy (non-hydrogen) atoms. The maximum atomic E-state index is 6.40. The second kappa shape index (κ2) is 11.5. The molecule has 0 bridgehead atoms. The number of rotatable bonds is 5. The number of aromatic nitrogens is 3. The number of benzene rings is 8. The Bertz CT molecular complexity index is 2910. The lowest BCUT2D eigenvalue weighted by Gasteiger charge is -2.10. The molecule has 0 spiro atoms. The number of nitrogens with zero attached hydrogens (tertiary/aromatic N) is 3. The van der Waals surface area contributed by atoms with Gasteiger partial charge in [0.15, 0.2) is 11.6 Å². The van der Waals surface area contributed by atoms with E-state index in [4.69, 9.17) is 19.4 Å². The van der Waals surface area contributed by atoms with E-state index in [1.54, 1.807) is 0 Å². The number of furan rings is 1. The molecule has 10 rings (SSSR count). The fraction of sp³-hybridized carbons (Fsp3) is 0.0217. The molecular formula is C46H29N3O. The minimum atomic E-state index is 0.526. The zero-order valence-corrected chi connectivity index (χ0v) is 27.0. The van der Waals surface area contributed by atoms with Crippen molar-refractivity contribution < 1.29 is 4.42 Å². The molecule has 8 aromatic carbocycles. The van der Waals surface area contributed by atoms with Gasteiger partial charge in [0.05, 0.1) is 0 Å². The molecule has 234 valence electrons. The lowest BCUT2D eigenvalue weighted by molar-refractivity contribution is 0.668. The van der Waals surface area contributed by atoms with E-state index in [2.05, 4.69) is 140 Å². The summed E-state index contributed by atoms with van der Waals surface area (Å²) in [5.41, 5.74) is 7.07. The molecule has 0 atom stereocenters. The summed E-state index contributed by atoms with van der Waals surface area (Å²) >= 11 is 0. The van der Waals surface area contributed by atoms with E-state index in [0.29, 0.717) is 23.9 Å². The van der Waals surface area contributed by atoms with Crippen molar-refractivity contribution in [3.05, 3.63) is 175 Å². The average molecular weight is 640 g/mol. The van der Waals surface area contributed by atoms with Crippen LogP contribution < -0.4 is 0 Å². The van der Waals surface area contributed by atoms with Gasteiger partial charge in [-0.05, 0) is 79.3 Å². The molecule has 0 saturated heterocycles. The van der Waals surface area contributed by atoms with Crippen LogP contribution in [-0.2, 0) is 6.42 Å². The third-order valence-electron chi connectivity index (χ3n) is 9.73. The first-order chi connectivity index (χ1) is 24.7. The molecule has 2 aromatic heterocycles. The lowest BCUT2D eigenvalue weighted by Crippen LogP contribution is -2.04. The standard InChI is InChI=1S/C46H29N3O/c1-2-11-32(12-3-1)45-47-43(48-46(49-45)37-22-20-31-19-18-30-10-6-7-15-38(30)39(31)27-37)28-36-14-8-16-42-44(36)40-26-35(23-24-41(40)50-42)34-21-17-29-9-4-5-13-33(29)25-34/h1-27H,28H2. The quantitative estimate of drug-likeness (QED) is 0.176. The molecule has 10 aromatic rings. The van der Waals surface area contributed by atoms with Gasteiger partial charge in [0.25, 0.3) is 0 Å². The van der Waals surface area contributed by atoms with Crippen LogP contribution in [0.15, 0.2) is 168 Å². The van der Waals surface area contributed by atoms with Gasteiger partial charge >= 0.3 is 0 Å². The maximum absolute atomic E-state index is 6.40. The summed E-state index contributed by atoms with van der Waals surface area (Å²) in [5.74, 6) is 2.03. The van der Waals surface area contributed by atoms with Gasteiger partial charge in [-0.15, -0.1) is 0 Å². The third kappa shape index (κ3) is 4.89. The minimum absolute atomic E-state index is 0.526. The Morgan fingerprint density at radius 2 is 1.02 bits per heavy atom. The predicted molar refractivity (Wildman–Crippen MR) is 205 cm³/mol. The molecule has 0 aliphatic rings. The highest BCUT2D eigenvalue weighted by Gasteiger charge is 2.17. The fourth-order valence-electron chi connectivity index (χ4n) is 7.25. The zero-order chi connectivity index (χ0) is 33.0. The first kappa shape index (κ1) is 28.4. The molecular weight excluding hydrogens is 611 g/mol. The Labute approximate surface area is 288 Å². The maximum Gasteiger partial charge on any atom is 0.163 e. The van der Waals surface area contributed by atoms with E-state index < -0.39 is 0 Å². The van der Waals surface area contributed by atoms with Crippen molar-refractivity contribution in [2.45, 2.75) is 6.42 Å². The Morgan fingerprint density at radius 3 is 1.90 bits per heavy atom. The highest BCUT2D eigenvalue weighted by molar-refractivity contribution is 6.09. The van der Waals surface area contributed by atoms with Gasteiger partial charge in [-0.2, -0.15) is 0 Å². The van der Waals surface area contributed by atoms with E-state index in [-0.39, 0.29) is 0 Å². The molecule has 0 saturated carbocycles. The largest absolute Gasteiger partial charge is 0.456 e. The molecule has 4 heteroatoms. The van der Waals surface area contributed by atoms with Gasteiger partial charge in [0, 0.05) is 28.3 Å². The van der Waals surface area contributed by atoms with Crippen molar-refractivity contribution in [3.63, 3.8) is 0 Å². The van der Waals surface area contributed by atoms with E-state index in [9.17, 15) is 0 Å². The van der Waals surface area contributed by atoms with Crippen molar-refractivity contribution in [1.29, 1.82) is 0 Å². The van der Waals surface area contributed by atoms with Crippen molar-refractivity contribution in [2.24, 2.45) is 0 Å². The number of hydrogen-bond donors (Lipinski definition) is 0. The summed E-state index contributed by atoms with van der Waals surface area (Å²) in [7, 11) is 0. The van der Waals surface area contributed by atoms with Gasteiger partial charge in [-0.1, -0.05) is 133 Å². The summed E-state index contributed by atoms with van der Waals surface area (Å²) in [6, 6.07) is 57.4. The highest BCUT2D eigenvalue weighted by atomic mass is 16.3. The first-order valence-corrected chi connectivity index (χ1v) is 16.9. The molecule has 2 heterocycles. The predicted octanol–water partition coefficient (Wildman–Crippen LogP) is 11.8. The Kier molecular flexibility index (Phi) is 6.53. The van der Waals surface area contributed by atoms with Crippen LogP contribution in [0.1, 0.15) is 11.4 Å². The molecule has 0 fully saturated rings. The monoisotopic (exact) mass is 639 g/mol. The molecule has 0 radical (unpaired) electrons. The first-order valence-electron chi connectivity index (χ1n) is 16.9. The van der Waals surface area contributed by atoms with Crippen LogP contribution in [-0.4, -0.2) is 15.0 Å². The molecule has 0 N–H and O–H groups in total. The van der Waals surface area contributed by atoms with Crippen LogP contribution in [0.25, 0.3) is 88.2 Å². The third-order valence-corrected chi connectivity index (χ3v) is 9.73. The average Bonchev–Trinajstić information content (AvgIpc) is 3.56. The number of fused-ring (bicyclic) bond motifs is 7. The molecule has 0 aliphatic carbocycles. The summed E-state index contributed by atoms with van der Waals surface area (Å²) in [4.78, 5) is 15.2. The second-order valence-corrected chi connectivity index (χ2v) is 12.8. The summed E-state index contributed by atoms with van der Waals surface area (Å²) < 4.78 is 6.40. The molecule has 0 amide bonds. The van der Waals surface area contributed by atoms with Crippen LogP contribution in [0, 0.1) is 0 Å². The second-order valence-electron chi connectivity index (χ2n) is 12.8. The Morgan fingerprint density at radius 1 is 0.380 bits per heavy atom. The van der Waals surface area contributed by atoms with E-state index in [1.807, 2.05) is 24.3 Å². The van der Waals surface area contributed by atoms with Crippen molar-refractivity contribution in [1.82, 2.24) is 15.0 Å². The Balaban J connectivity index is 1.11. The van der Waals surface area contributed by atoms with Crippen LogP contribution in [0.3, 0.4) is 0 Å². The molecule has 0 aliphatic heterocycles. The smallest absolute Gasteiger partial charge is 0.163 e. The zero-order valence-electron chi connectivity index (χ0n) is 27.0. The summed E-state index contributed by atoms with van der Waals surface area (Å²) in [6.45, 7) is 0. The van der Waals surface area contributed by atoms with Gasteiger partial charge < -0.3 is 4.42 Å².